The van der Waals surface area contributed by atoms with Crippen molar-refractivity contribution in [3.05, 3.63) is 45.6 Å². The van der Waals surface area contributed by atoms with E-state index in [0.29, 0.717) is 21.6 Å². The van der Waals surface area contributed by atoms with Crippen LogP contribution in [0.25, 0.3) is 11.0 Å². The number of rotatable bonds is 4. The standard InChI is InChI=1S/C17H16Cl2N4O2/c1-9-4-10(2)20-16-15(9)17(22-23(16)3)25-8-14(24)21-13-6-11(18)5-12(19)7-13/h4-7H,8H2,1-3H3,(H,21,24). The van der Waals surface area contributed by atoms with Crippen LogP contribution in [0.3, 0.4) is 0 Å². The lowest BCUT2D eigenvalue weighted by molar-refractivity contribution is -0.118. The van der Waals surface area contributed by atoms with Gasteiger partial charge >= 0.3 is 0 Å². The number of hydrogen-bond acceptors (Lipinski definition) is 4. The number of fused-ring (bicyclic) bond motifs is 1. The predicted molar refractivity (Wildman–Crippen MR) is 98.6 cm³/mol. The van der Waals surface area contributed by atoms with Crippen LogP contribution in [0, 0.1) is 13.8 Å². The molecule has 0 fully saturated rings. The molecule has 0 aliphatic heterocycles. The van der Waals surface area contributed by atoms with Gasteiger partial charge in [0.1, 0.15) is 0 Å². The number of benzene rings is 1. The highest BCUT2D eigenvalue weighted by atomic mass is 35.5. The van der Waals surface area contributed by atoms with Crippen molar-refractivity contribution in [3.63, 3.8) is 0 Å². The average molecular weight is 379 g/mol. The normalized spacial score (nSPS) is 10.9. The van der Waals surface area contributed by atoms with Gasteiger partial charge in [-0.3, -0.25) is 4.79 Å². The zero-order valence-corrected chi connectivity index (χ0v) is 15.4. The second kappa shape index (κ2) is 6.90. The number of hydrogen-bond donors (Lipinski definition) is 1. The van der Waals surface area contributed by atoms with Crippen molar-refractivity contribution in [2.24, 2.45) is 7.05 Å². The molecular formula is C17H16Cl2N4O2. The fourth-order valence-corrected chi connectivity index (χ4v) is 3.13. The smallest absolute Gasteiger partial charge is 0.262 e. The zero-order chi connectivity index (χ0) is 18.1. The first kappa shape index (κ1) is 17.5. The first-order chi connectivity index (χ1) is 11.8. The van der Waals surface area contributed by atoms with E-state index in [0.717, 1.165) is 22.3 Å². The molecule has 0 radical (unpaired) electrons. The van der Waals surface area contributed by atoms with E-state index in [1.54, 1.807) is 29.9 Å². The summed E-state index contributed by atoms with van der Waals surface area (Å²) >= 11 is 11.8. The summed E-state index contributed by atoms with van der Waals surface area (Å²) in [7, 11) is 1.79. The first-order valence-corrected chi connectivity index (χ1v) is 8.29. The quantitative estimate of drug-likeness (QED) is 0.746. The lowest BCUT2D eigenvalue weighted by Gasteiger charge is -2.07. The molecule has 3 rings (SSSR count). The van der Waals surface area contributed by atoms with E-state index in [-0.39, 0.29) is 12.5 Å². The van der Waals surface area contributed by atoms with Gasteiger partial charge in [0.25, 0.3) is 5.91 Å². The third-order valence-electron chi connectivity index (χ3n) is 3.57. The highest BCUT2D eigenvalue weighted by Crippen LogP contribution is 2.27. The number of amides is 1. The Kier molecular flexibility index (Phi) is 4.83. The molecule has 0 saturated heterocycles. The van der Waals surface area contributed by atoms with Gasteiger partial charge in [0.2, 0.25) is 5.88 Å². The fourth-order valence-electron chi connectivity index (χ4n) is 2.61. The Morgan fingerprint density at radius 1 is 1.20 bits per heavy atom. The zero-order valence-electron chi connectivity index (χ0n) is 13.9. The summed E-state index contributed by atoms with van der Waals surface area (Å²) in [6.07, 6.45) is 0. The van der Waals surface area contributed by atoms with Gasteiger partial charge in [0, 0.05) is 28.5 Å². The number of halogens is 2. The van der Waals surface area contributed by atoms with Crippen LogP contribution in [-0.2, 0) is 11.8 Å². The van der Waals surface area contributed by atoms with Gasteiger partial charge in [-0.2, -0.15) is 0 Å². The predicted octanol–water partition coefficient (Wildman–Crippen LogP) is 3.91. The molecular weight excluding hydrogens is 363 g/mol. The van der Waals surface area contributed by atoms with E-state index in [1.165, 1.54) is 0 Å². The highest BCUT2D eigenvalue weighted by molar-refractivity contribution is 6.35. The van der Waals surface area contributed by atoms with Gasteiger partial charge in [-0.1, -0.05) is 23.2 Å². The molecule has 0 bridgehead atoms. The van der Waals surface area contributed by atoms with Crippen LogP contribution in [0.5, 0.6) is 5.88 Å². The molecule has 0 atom stereocenters. The maximum absolute atomic E-state index is 12.1. The Morgan fingerprint density at radius 2 is 1.88 bits per heavy atom. The summed E-state index contributed by atoms with van der Waals surface area (Å²) in [6.45, 7) is 3.69. The van der Waals surface area contributed by atoms with Crippen molar-refractivity contribution in [3.8, 4) is 5.88 Å². The van der Waals surface area contributed by atoms with E-state index in [1.807, 2.05) is 19.9 Å². The lowest BCUT2D eigenvalue weighted by atomic mass is 10.2. The molecule has 0 spiro atoms. The van der Waals surface area contributed by atoms with Gasteiger partial charge in [-0.15, -0.1) is 5.10 Å². The van der Waals surface area contributed by atoms with Crippen LogP contribution < -0.4 is 10.1 Å². The lowest BCUT2D eigenvalue weighted by Crippen LogP contribution is -2.20. The summed E-state index contributed by atoms with van der Waals surface area (Å²) in [4.78, 5) is 16.6. The minimum absolute atomic E-state index is 0.191. The molecule has 0 unspecified atom stereocenters. The van der Waals surface area contributed by atoms with E-state index in [4.69, 9.17) is 27.9 Å². The molecule has 8 heteroatoms. The summed E-state index contributed by atoms with van der Waals surface area (Å²) in [5.41, 5.74) is 3.11. The molecule has 1 aromatic carbocycles. The topological polar surface area (TPSA) is 69.0 Å². The Bertz CT molecular complexity index is 949. The van der Waals surface area contributed by atoms with Crippen molar-refractivity contribution < 1.29 is 9.53 Å². The number of anilines is 1. The molecule has 0 saturated carbocycles. The number of aryl methyl sites for hydroxylation is 3. The molecule has 0 aliphatic rings. The van der Waals surface area contributed by atoms with Crippen molar-refractivity contribution in [1.29, 1.82) is 0 Å². The van der Waals surface area contributed by atoms with Gasteiger partial charge in [-0.05, 0) is 43.7 Å². The SMILES string of the molecule is Cc1cc(C)c2c(OCC(=O)Nc3cc(Cl)cc(Cl)c3)nn(C)c2n1. The third kappa shape index (κ3) is 3.86. The molecule has 130 valence electrons. The van der Waals surface area contributed by atoms with Gasteiger partial charge in [-0.25, -0.2) is 9.67 Å². The molecule has 2 heterocycles. The number of carbonyl (C=O) groups excluding carboxylic acids is 1. The number of nitrogens with zero attached hydrogens (tertiary/aromatic N) is 3. The summed E-state index contributed by atoms with van der Waals surface area (Å²) in [5, 5.41) is 8.68. The number of nitrogens with one attached hydrogen (secondary N) is 1. The minimum atomic E-state index is -0.338. The Labute approximate surface area is 154 Å². The van der Waals surface area contributed by atoms with E-state index in [9.17, 15) is 4.79 Å². The monoisotopic (exact) mass is 378 g/mol. The molecule has 2 aromatic heterocycles. The molecule has 0 aliphatic carbocycles. The maximum Gasteiger partial charge on any atom is 0.262 e. The van der Waals surface area contributed by atoms with Gasteiger partial charge < -0.3 is 10.1 Å². The largest absolute Gasteiger partial charge is 0.466 e. The first-order valence-electron chi connectivity index (χ1n) is 7.53. The fraction of sp³-hybridized carbons (Fsp3) is 0.235. The number of aromatic nitrogens is 3. The van der Waals surface area contributed by atoms with Crippen LogP contribution >= 0.6 is 23.2 Å². The van der Waals surface area contributed by atoms with Crippen molar-refractivity contribution >= 4 is 45.8 Å². The number of ether oxygens (including phenoxy) is 1. The van der Waals surface area contributed by atoms with Crippen molar-refractivity contribution in [2.75, 3.05) is 11.9 Å². The number of carbonyl (C=O) groups is 1. The Balaban J connectivity index is 1.75. The Morgan fingerprint density at radius 3 is 2.56 bits per heavy atom. The van der Waals surface area contributed by atoms with E-state index in [2.05, 4.69) is 15.4 Å². The van der Waals surface area contributed by atoms with Gasteiger partial charge in [0.05, 0.1) is 5.39 Å². The van der Waals surface area contributed by atoms with Crippen molar-refractivity contribution in [2.45, 2.75) is 13.8 Å². The molecule has 25 heavy (non-hydrogen) atoms. The molecule has 1 amide bonds. The maximum atomic E-state index is 12.1. The van der Waals surface area contributed by atoms with E-state index >= 15 is 0 Å². The Hall–Kier alpha value is -2.31. The molecule has 3 aromatic rings. The summed E-state index contributed by atoms with van der Waals surface area (Å²) in [6, 6.07) is 6.76. The average Bonchev–Trinajstić information content (AvgIpc) is 2.80. The van der Waals surface area contributed by atoms with Crippen LogP contribution in [0.1, 0.15) is 11.3 Å². The highest BCUT2D eigenvalue weighted by Gasteiger charge is 2.15. The second-order valence-corrected chi connectivity index (χ2v) is 6.58. The summed E-state index contributed by atoms with van der Waals surface area (Å²) in [5.74, 6) is 0.0386. The van der Waals surface area contributed by atoms with Crippen LogP contribution in [0.15, 0.2) is 24.3 Å². The second-order valence-electron chi connectivity index (χ2n) is 5.70. The van der Waals surface area contributed by atoms with Crippen LogP contribution in [0.2, 0.25) is 10.0 Å². The van der Waals surface area contributed by atoms with E-state index < -0.39 is 0 Å². The van der Waals surface area contributed by atoms with Crippen LogP contribution in [0.4, 0.5) is 5.69 Å². The number of pyridine rings is 1. The van der Waals surface area contributed by atoms with Gasteiger partial charge in [0.15, 0.2) is 12.3 Å². The molecule has 1 N–H and O–H groups in total. The third-order valence-corrected chi connectivity index (χ3v) is 4.01. The minimum Gasteiger partial charge on any atom is -0.466 e. The molecule has 6 nitrogen and oxygen atoms in total. The van der Waals surface area contributed by atoms with Crippen molar-refractivity contribution in [1.82, 2.24) is 14.8 Å². The summed E-state index contributed by atoms with van der Waals surface area (Å²) < 4.78 is 7.24. The van der Waals surface area contributed by atoms with Crippen LogP contribution in [-0.4, -0.2) is 27.3 Å².